The highest BCUT2D eigenvalue weighted by molar-refractivity contribution is 7.92. The first kappa shape index (κ1) is 21.1. The molecule has 0 fully saturated rings. The average Bonchev–Trinajstić information content (AvgIpc) is 3.14. The van der Waals surface area contributed by atoms with Crippen LogP contribution in [0.3, 0.4) is 0 Å². The monoisotopic (exact) mass is 413 g/mol. The molecule has 1 aliphatic carbocycles. The van der Waals surface area contributed by atoms with Gasteiger partial charge in [-0.2, -0.15) is 0 Å². The van der Waals surface area contributed by atoms with Crippen LogP contribution >= 0.6 is 0 Å². The molecular weight excluding hydrogens is 386 g/mol. The van der Waals surface area contributed by atoms with Gasteiger partial charge in [0.25, 0.3) is 0 Å². The fraction of sp³-hybridized carbons (Fsp3) is 0.348. The van der Waals surface area contributed by atoms with E-state index in [9.17, 15) is 13.2 Å². The summed E-state index contributed by atoms with van der Waals surface area (Å²) in [6.45, 7) is 5.42. The van der Waals surface area contributed by atoms with Crippen molar-refractivity contribution in [2.75, 3.05) is 10.6 Å². The molecule has 0 N–H and O–H groups in total. The minimum atomic E-state index is -3.63. The van der Waals surface area contributed by atoms with Gasteiger partial charge >= 0.3 is 5.97 Å². The van der Waals surface area contributed by atoms with Crippen LogP contribution < -0.4 is 4.31 Å². The van der Waals surface area contributed by atoms with Gasteiger partial charge in [-0.15, -0.1) is 0 Å². The zero-order valence-corrected chi connectivity index (χ0v) is 18.1. The lowest BCUT2D eigenvalue weighted by Gasteiger charge is -2.25. The Morgan fingerprint density at radius 2 is 1.72 bits per heavy atom. The summed E-state index contributed by atoms with van der Waals surface area (Å²) in [6, 6.07) is 14.1. The summed E-state index contributed by atoms with van der Waals surface area (Å²) in [4.78, 5) is 12.8. The number of allylic oxidation sites excluding steroid dienone is 2. The third-order valence-corrected chi connectivity index (χ3v) is 5.61. The molecule has 29 heavy (non-hydrogen) atoms. The van der Waals surface area contributed by atoms with E-state index in [1.54, 1.807) is 36.4 Å². The summed E-state index contributed by atoms with van der Waals surface area (Å²) in [7, 11) is -3.63. The number of carbonyl (C=O) groups excluding carboxylic acids is 1. The molecule has 0 atom stereocenters. The van der Waals surface area contributed by atoms with Crippen molar-refractivity contribution in [3.63, 3.8) is 0 Å². The van der Waals surface area contributed by atoms with E-state index in [0.717, 1.165) is 36.7 Å². The highest BCUT2D eigenvalue weighted by atomic mass is 32.2. The Hall–Kier alpha value is -2.60. The van der Waals surface area contributed by atoms with Gasteiger partial charge in [0.2, 0.25) is 10.0 Å². The van der Waals surface area contributed by atoms with Crippen molar-refractivity contribution >= 4 is 32.9 Å². The van der Waals surface area contributed by atoms with Crippen LogP contribution in [0, 0.1) is 0 Å². The van der Waals surface area contributed by atoms with Crippen molar-refractivity contribution in [1.29, 1.82) is 0 Å². The number of para-hydroxylation sites is 1. The Morgan fingerprint density at radius 3 is 2.28 bits per heavy atom. The molecule has 1 aliphatic rings. The largest absolute Gasteiger partial charge is 0.456 e. The second kappa shape index (κ2) is 8.03. The van der Waals surface area contributed by atoms with E-state index in [2.05, 4.69) is 6.08 Å². The summed E-state index contributed by atoms with van der Waals surface area (Å²) >= 11 is 0. The van der Waals surface area contributed by atoms with Gasteiger partial charge in [-0.3, -0.25) is 0 Å². The first-order valence-corrected chi connectivity index (χ1v) is 11.5. The number of sulfonamides is 1. The van der Waals surface area contributed by atoms with Crippen molar-refractivity contribution < 1.29 is 17.9 Å². The smallest absolute Gasteiger partial charge is 0.338 e. The van der Waals surface area contributed by atoms with Crippen molar-refractivity contribution in [2.24, 2.45) is 0 Å². The van der Waals surface area contributed by atoms with Crippen LogP contribution in [0.2, 0.25) is 0 Å². The number of hydrogen-bond acceptors (Lipinski definition) is 4. The summed E-state index contributed by atoms with van der Waals surface area (Å²) < 4.78 is 32.1. The van der Waals surface area contributed by atoms with Gasteiger partial charge < -0.3 is 4.74 Å². The number of anilines is 2. The van der Waals surface area contributed by atoms with Crippen LogP contribution in [0.25, 0.3) is 5.57 Å². The molecule has 0 heterocycles. The van der Waals surface area contributed by atoms with Crippen LogP contribution in [-0.2, 0) is 14.8 Å². The second-order valence-corrected chi connectivity index (χ2v) is 10.1. The van der Waals surface area contributed by atoms with Gasteiger partial charge in [0.1, 0.15) is 5.60 Å². The summed E-state index contributed by atoms with van der Waals surface area (Å²) in [6.07, 6.45) is 6.24. The van der Waals surface area contributed by atoms with Crippen molar-refractivity contribution in [1.82, 2.24) is 0 Å². The van der Waals surface area contributed by atoms with E-state index in [-0.39, 0.29) is 0 Å². The van der Waals surface area contributed by atoms with E-state index in [0.29, 0.717) is 16.9 Å². The normalized spacial score (nSPS) is 14.4. The van der Waals surface area contributed by atoms with Gasteiger partial charge in [0.05, 0.1) is 23.2 Å². The highest BCUT2D eigenvalue weighted by Gasteiger charge is 2.25. The standard InChI is InChI=1S/C23H27NO4S/c1-23(2,3)28-22(25)19-14-18(17-10-8-9-11-17)15-21(16-19)24(29(4,26)27)20-12-6-5-7-13-20/h5-7,10,12-16H,8-9,11H2,1-4H3. The Kier molecular flexibility index (Phi) is 5.85. The SMILES string of the molecule is CC(C)(C)OC(=O)c1cc(C2=CCCC2)cc(N(c2ccccc2)S(C)(=O)=O)c1. The zero-order chi connectivity index (χ0) is 21.2. The minimum Gasteiger partial charge on any atom is -0.456 e. The fourth-order valence-electron chi connectivity index (χ4n) is 3.40. The van der Waals surface area contributed by atoms with E-state index in [1.807, 2.05) is 32.9 Å². The maximum absolute atomic E-state index is 12.8. The van der Waals surface area contributed by atoms with Crippen molar-refractivity contribution in [3.05, 3.63) is 65.7 Å². The zero-order valence-electron chi connectivity index (χ0n) is 17.3. The Bertz CT molecular complexity index is 1030. The quantitative estimate of drug-likeness (QED) is 0.624. The fourth-order valence-corrected chi connectivity index (χ4v) is 4.39. The van der Waals surface area contributed by atoms with E-state index in [4.69, 9.17) is 4.74 Å². The molecule has 0 aromatic heterocycles. The average molecular weight is 414 g/mol. The van der Waals surface area contributed by atoms with Crippen LogP contribution in [0.15, 0.2) is 54.6 Å². The number of ether oxygens (including phenoxy) is 1. The molecule has 0 saturated heterocycles. The van der Waals surface area contributed by atoms with E-state index >= 15 is 0 Å². The molecule has 0 aliphatic heterocycles. The molecule has 154 valence electrons. The first-order valence-electron chi connectivity index (χ1n) is 9.68. The molecular formula is C23H27NO4S. The molecule has 0 amide bonds. The molecule has 0 radical (unpaired) electrons. The van der Waals surface area contributed by atoms with Crippen LogP contribution in [0.1, 0.15) is 56.0 Å². The predicted molar refractivity (Wildman–Crippen MR) is 117 cm³/mol. The third kappa shape index (κ3) is 5.26. The Morgan fingerprint density at radius 1 is 1.03 bits per heavy atom. The van der Waals surface area contributed by atoms with Gasteiger partial charge in [0, 0.05) is 0 Å². The minimum absolute atomic E-state index is 0.338. The summed E-state index contributed by atoms with van der Waals surface area (Å²) in [5, 5.41) is 0. The Balaban J connectivity index is 2.17. The van der Waals surface area contributed by atoms with Crippen LogP contribution in [-0.4, -0.2) is 26.2 Å². The van der Waals surface area contributed by atoms with E-state index < -0.39 is 21.6 Å². The van der Waals surface area contributed by atoms with Gasteiger partial charge in [-0.1, -0.05) is 24.3 Å². The van der Waals surface area contributed by atoms with Gasteiger partial charge in [-0.25, -0.2) is 17.5 Å². The topological polar surface area (TPSA) is 63.7 Å². The molecule has 0 saturated carbocycles. The molecule has 0 spiro atoms. The molecule has 0 bridgehead atoms. The van der Waals surface area contributed by atoms with Crippen LogP contribution in [0.4, 0.5) is 11.4 Å². The molecule has 3 rings (SSSR count). The van der Waals surface area contributed by atoms with Crippen molar-refractivity contribution in [3.8, 4) is 0 Å². The predicted octanol–water partition coefficient (Wildman–Crippen LogP) is 5.31. The van der Waals surface area contributed by atoms with Gasteiger partial charge in [0.15, 0.2) is 0 Å². The number of esters is 1. The summed E-state index contributed by atoms with van der Waals surface area (Å²) in [5.41, 5.74) is 2.61. The lowest BCUT2D eigenvalue weighted by atomic mass is 10.0. The van der Waals surface area contributed by atoms with Crippen LogP contribution in [0.5, 0.6) is 0 Å². The molecule has 0 unspecified atom stereocenters. The van der Waals surface area contributed by atoms with E-state index in [1.165, 1.54) is 4.31 Å². The molecule has 2 aromatic carbocycles. The lowest BCUT2D eigenvalue weighted by Crippen LogP contribution is -2.26. The van der Waals surface area contributed by atoms with Crippen molar-refractivity contribution in [2.45, 2.75) is 45.6 Å². The number of carbonyl (C=O) groups is 1. The third-order valence-electron chi connectivity index (χ3n) is 4.52. The van der Waals surface area contributed by atoms with Gasteiger partial charge in [-0.05, 0) is 81.5 Å². The second-order valence-electron chi connectivity index (χ2n) is 8.25. The number of hydrogen-bond donors (Lipinski definition) is 0. The molecule has 6 heteroatoms. The maximum atomic E-state index is 12.8. The highest BCUT2D eigenvalue weighted by Crippen LogP contribution is 2.35. The number of nitrogens with zero attached hydrogens (tertiary/aromatic N) is 1. The maximum Gasteiger partial charge on any atom is 0.338 e. The molecule has 2 aromatic rings. The summed E-state index contributed by atoms with van der Waals surface area (Å²) in [5.74, 6) is -0.472. The first-order chi connectivity index (χ1) is 13.5. The number of benzene rings is 2. The molecule has 5 nitrogen and oxygen atoms in total. The Labute approximate surface area is 173 Å². The number of rotatable bonds is 5. The lowest BCUT2D eigenvalue weighted by molar-refractivity contribution is 0.00695.